The number of imide groups is 1. The maximum Gasteiger partial charge on any atom is 0.344 e. The van der Waals surface area contributed by atoms with Crippen LogP contribution in [0.5, 0.6) is 5.75 Å². The first kappa shape index (κ1) is 17.1. The largest absolute Gasteiger partial charge is 0.481 e. The summed E-state index contributed by atoms with van der Waals surface area (Å²) in [7, 11) is 0. The van der Waals surface area contributed by atoms with Crippen LogP contribution in [0.15, 0.2) is 24.3 Å². The van der Waals surface area contributed by atoms with E-state index in [1.165, 1.54) is 6.92 Å². The smallest absolute Gasteiger partial charge is 0.344 e. The normalized spacial score (nSPS) is 21.8. The molecule has 2 N–H and O–H groups in total. The Bertz CT molecular complexity index is 634. The maximum atomic E-state index is 12.2. The van der Waals surface area contributed by atoms with Crippen molar-refractivity contribution in [1.29, 1.82) is 0 Å². The van der Waals surface area contributed by atoms with Gasteiger partial charge in [-0.1, -0.05) is 18.5 Å². The van der Waals surface area contributed by atoms with Crippen molar-refractivity contribution < 1.29 is 19.1 Å². The summed E-state index contributed by atoms with van der Waals surface area (Å²) in [5.41, 5.74) is 1.27. The number of hydrazine groups is 1. The molecule has 0 bridgehead atoms. The lowest BCUT2D eigenvalue weighted by atomic mass is 10.00. The second-order valence-electron chi connectivity index (χ2n) is 5.45. The molecule has 0 aliphatic carbocycles. The number of nitrogens with one attached hydrogen (secondary N) is 2. The number of amides is 4. The van der Waals surface area contributed by atoms with Gasteiger partial charge in [-0.3, -0.25) is 15.0 Å². The maximum absolute atomic E-state index is 12.2. The minimum absolute atomic E-state index is 0.417. The van der Waals surface area contributed by atoms with E-state index in [1.54, 1.807) is 38.1 Å². The lowest BCUT2D eigenvalue weighted by molar-refractivity contribution is -0.141. The van der Waals surface area contributed by atoms with Gasteiger partial charge in [0, 0.05) is 5.02 Å². The highest BCUT2D eigenvalue weighted by atomic mass is 35.5. The van der Waals surface area contributed by atoms with E-state index in [0.717, 1.165) is 0 Å². The van der Waals surface area contributed by atoms with Gasteiger partial charge in [-0.25, -0.2) is 4.79 Å². The van der Waals surface area contributed by atoms with Gasteiger partial charge < -0.3 is 10.1 Å². The number of ether oxygens (including phenoxy) is 1. The molecule has 23 heavy (non-hydrogen) atoms. The Labute approximate surface area is 138 Å². The molecule has 0 aromatic heterocycles. The molecule has 1 aromatic rings. The second kappa shape index (κ2) is 6.45. The first-order valence-electron chi connectivity index (χ1n) is 7.16. The van der Waals surface area contributed by atoms with Crippen LogP contribution in [0.3, 0.4) is 0 Å². The molecule has 1 fully saturated rings. The monoisotopic (exact) mass is 339 g/mol. The topological polar surface area (TPSA) is 87.7 Å². The average Bonchev–Trinajstić information content (AvgIpc) is 2.73. The van der Waals surface area contributed by atoms with Gasteiger partial charge in [0.1, 0.15) is 11.3 Å². The number of hydrogen-bond acceptors (Lipinski definition) is 4. The first-order chi connectivity index (χ1) is 10.8. The van der Waals surface area contributed by atoms with E-state index in [-0.39, 0.29) is 0 Å². The summed E-state index contributed by atoms with van der Waals surface area (Å²) in [6.07, 6.45) is -0.480. The number of benzene rings is 1. The van der Waals surface area contributed by atoms with Gasteiger partial charge in [-0.2, -0.15) is 5.01 Å². The van der Waals surface area contributed by atoms with Crippen LogP contribution in [0.2, 0.25) is 5.02 Å². The summed E-state index contributed by atoms with van der Waals surface area (Å²) < 4.78 is 5.45. The highest BCUT2D eigenvalue weighted by Crippen LogP contribution is 2.20. The molecule has 0 unspecified atom stereocenters. The summed E-state index contributed by atoms with van der Waals surface area (Å²) >= 11 is 5.77. The van der Waals surface area contributed by atoms with E-state index in [1.807, 2.05) is 0 Å². The Kier molecular flexibility index (Phi) is 4.79. The highest BCUT2D eigenvalue weighted by Gasteiger charge is 2.47. The zero-order chi connectivity index (χ0) is 17.2. The Balaban J connectivity index is 2.00. The molecule has 2 atom stereocenters. The molecule has 2 rings (SSSR count). The van der Waals surface area contributed by atoms with Gasteiger partial charge in [0.05, 0.1) is 0 Å². The molecular formula is C15H18ClN3O4. The van der Waals surface area contributed by atoms with Crippen LogP contribution >= 0.6 is 11.6 Å². The second-order valence-corrected chi connectivity index (χ2v) is 5.88. The Morgan fingerprint density at radius 3 is 2.52 bits per heavy atom. The minimum atomic E-state index is -1.01. The number of rotatable bonds is 5. The van der Waals surface area contributed by atoms with Crippen molar-refractivity contribution in [3.05, 3.63) is 29.3 Å². The van der Waals surface area contributed by atoms with Gasteiger partial charge in [0.15, 0.2) is 6.10 Å². The third-order valence-corrected chi connectivity index (χ3v) is 3.94. The van der Waals surface area contributed by atoms with Crippen molar-refractivity contribution >= 4 is 29.4 Å². The molecule has 1 aliphatic rings. The standard InChI is InChI=1S/C15H18ClN3O4/c1-4-15(3)13(21)19(14(22)17-15)18-12(20)9(2)23-11-7-5-10(16)6-8-11/h5-9H,4H2,1-3H3,(H,17,22)(H,18,20)/t9-,15-/m1/s1. The Morgan fingerprint density at radius 2 is 2.00 bits per heavy atom. The van der Waals surface area contributed by atoms with Crippen LogP contribution < -0.4 is 15.5 Å². The van der Waals surface area contributed by atoms with Gasteiger partial charge in [-0.05, 0) is 44.5 Å². The fourth-order valence-electron chi connectivity index (χ4n) is 2.00. The Hall–Kier alpha value is -2.28. The highest BCUT2D eigenvalue weighted by molar-refractivity contribution is 6.30. The zero-order valence-corrected chi connectivity index (χ0v) is 13.8. The molecule has 1 heterocycles. The summed E-state index contributed by atoms with van der Waals surface area (Å²) in [5.74, 6) is -0.659. The predicted molar refractivity (Wildman–Crippen MR) is 83.8 cm³/mol. The van der Waals surface area contributed by atoms with Crippen molar-refractivity contribution in [3.63, 3.8) is 0 Å². The molecule has 0 spiro atoms. The lowest BCUT2D eigenvalue weighted by Gasteiger charge is -2.21. The average molecular weight is 340 g/mol. The molecule has 1 aromatic carbocycles. The third-order valence-electron chi connectivity index (χ3n) is 3.69. The molecule has 7 nitrogen and oxygen atoms in total. The van der Waals surface area contributed by atoms with E-state index < -0.39 is 29.5 Å². The quantitative estimate of drug-likeness (QED) is 0.801. The zero-order valence-electron chi connectivity index (χ0n) is 13.1. The summed E-state index contributed by atoms with van der Waals surface area (Å²) in [6.45, 7) is 4.89. The number of urea groups is 1. The first-order valence-corrected chi connectivity index (χ1v) is 7.54. The number of halogens is 1. The molecule has 4 amide bonds. The van der Waals surface area contributed by atoms with E-state index in [4.69, 9.17) is 16.3 Å². The summed E-state index contributed by atoms with van der Waals surface area (Å²) in [5, 5.41) is 3.78. The van der Waals surface area contributed by atoms with E-state index >= 15 is 0 Å². The fraction of sp³-hybridized carbons (Fsp3) is 0.400. The number of hydrogen-bond donors (Lipinski definition) is 2. The van der Waals surface area contributed by atoms with Crippen LogP contribution in [0, 0.1) is 0 Å². The van der Waals surface area contributed by atoms with Gasteiger partial charge in [-0.15, -0.1) is 0 Å². The van der Waals surface area contributed by atoms with E-state index in [0.29, 0.717) is 22.2 Å². The van der Waals surface area contributed by atoms with Crippen molar-refractivity contribution in [3.8, 4) is 5.75 Å². The minimum Gasteiger partial charge on any atom is -0.481 e. The van der Waals surface area contributed by atoms with Crippen molar-refractivity contribution in [2.24, 2.45) is 0 Å². The molecule has 1 aliphatic heterocycles. The van der Waals surface area contributed by atoms with Gasteiger partial charge in [0.2, 0.25) is 0 Å². The molecule has 0 saturated carbocycles. The predicted octanol–water partition coefficient (Wildman–Crippen LogP) is 1.86. The lowest BCUT2D eigenvalue weighted by Crippen LogP contribution is -2.51. The molecular weight excluding hydrogens is 322 g/mol. The van der Waals surface area contributed by atoms with Crippen LogP contribution in [0.4, 0.5) is 4.79 Å². The van der Waals surface area contributed by atoms with Crippen LogP contribution in [0.1, 0.15) is 27.2 Å². The molecule has 1 saturated heterocycles. The fourth-order valence-corrected chi connectivity index (χ4v) is 2.12. The Morgan fingerprint density at radius 1 is 1.39 bits per heavy atom. The van der Waals surface area contributed by atoms with Crippen LogP contribution in [0.25, 0.3) is 0 Å². The van der Waals surface area contributed by atoms with E-state index in [2.05, 4.69) is 10.7 Å². The van der Waals surface area contributed by atoms with Gasteiger partial charge >= 0.3 is 6.03 Å². The summed E-state index contributed by atoms with van der Waals surface area (Å²) in [6, 6.07) is 5.84. The number of carbonyl (C=O) groups excluding carboxylic acids is 3. The van der Waals surface area contributed by atoms with Crippen molar-refractivity contribution in [2.75, 3.05) is 0 Å². The van der Waals surface area contributed by atoms with Crippen molar-refractivity contribution in [2.45, 2.75) is 38.8 Å². The number of nitrogens with zero attached hydrogens (tertiary/aromatic N) is 1. The van der Waals surface area contributed by atoms with Crippen molar-refractivity contribution in [1.82, 2.24) is 15.8 Å². The molecule has 0 radical (unpaired) electrons. The van der Waals surface area contributed by atoms with Crippen LogP contribution in [-0.2, 0) is 9.59 Å². The number of carbonyl (C=O) groups is 3. The molecule has 124 valence electrons. The van der Waals surface area contributed by atoms with E-state index in [9.17, 15) is 14.4 Å². The summed E-state index contributed by atoms with van der Waals surface area (Å²) in [4.78, 5) is 36.2. The molecule has 8 heteroatoms. The SMILES string of the molecule is CC[C@@]1(C)NC(=O)N(NC(=O)[C@@H](C)Oc2ccc(Cl)cc2)C1=O. The third kappa shape index (κ3) is 3.56. The van der Waals surface area contributed by atoms with Gasteiger partial charge in [0.25, 0.3) is 11.8 Å². The van der Waals surface area contributed by atoms with Crippen LogP contribution in [-0.4, -0.2) is 34.5 Å².